The Kier molecular flexibility index (Phi) is 3.13. The fourth-order valence-electron chi connectivity index (χ4n) is 1.77. The summed E-state index contributed by atoms with van der Waals surface area (Å²) in [4.78, 5) is 2.29. The average Bonchev–Trinajstić information content (AvgIpc) is 2.45. The van der Waals surface area contributed by atoms with E-state index in [9.17, 15) is 0 Å². The maximum absolute atomic E-state index is 5.54. The summed E-state index contributed by atoms with van der Waals surface area (Å²) in [5.41, 5.74) is 0. The van der Waals surface area contributed by atoms with Crippen LogP contribution in [-0.4, -0.2) is 26.2 Å². The molecular weight excluding hydrogens is 244 g/mol. The predicted octanol–water partition coefficient (Wildman–Crippen LogP) is 2.09. The molecule has 2 rings (SSSR count). The first-order valence-electron chi connectivity index (χ1n) is 4.96. The van der Waals surface area contributed by atoms with Crippen LogP contribution in [-0.2, 0) is 0 Å². The molecule has 0 bridgehead atoms. The summed E-state index contributed by atoms with van der Waals surface area (Å²) < 4.78 is 6.34. The first kappa shape index (κ1) is 10.1. The highest BCUT2D eigenvalue weighted by molar-refractivity contribution is 9.10. The number of nitrogens with one attached hydrogen (secondary N) is 1. The van der Waals surface area contributed by atoms with Crippen LogP contribution in [0.2, 0.25) is 0 Å². The lowest BCUT2D eigenvalue weighted by Crippen LogP contribution is -2.28. The van der Waals surface area contributed by atoms with E-state index in [1.54, 1.807) is 0 Å². The minimum Gasteiger partial charge on any atom is -0.434 e. The van der Waals surface area contributed by atoms with Crippen LogP contribution in [0, 0.1) is 5.92 Å². The Morgan fingerprint density at radius 3 is 3.14 bits per heavy atom. The van der Waals surface area contributed by atoms with Gasteiger partial charge >= 0.3 is 0 Å². The number of hydrogen-bond donors (Lipinski definition) is 1. The third-order valence-electron chi connectivity index (χ3n) is 2.45. The summed E-state index contributed by atoms with van der Waals surface area (Å²) in [6.07, 6.45) is 0. The molecule has 78 valence electrons. The number of rotatable bonds is 1. The number of nitrogens with zero attached hydrogens (tertiary/aromatic N) is 1. The summed E-state index contributed by atoms with van der Waals surface area (Å²) >= 11 is 3.32. The molecule has 1 aromatic heterocycles. The van der Waals surface area contributed by atoms with Crippen LogP contribution >= 0.6 is 15.9 Å². The van der Waals surface area contributed by atoms with Gasteiger partial charge in [-0.2, -0.15) is 0 Å². The Labute approximate surface area is 92.6 Å². The Balaban J connectivity index is 2.08. The molecule has 1 saturated heterocycles. The van der Waals surface area contributed by atoms with Gasteiger partial charge in [0.2, 0.25) is 0 Å². The molecule has 1 aliphatic heterocycles. The second-order valence-electron chi connectivity index (χ2n) is 3.83. The Bertz CT molecular complexity index is 300. The second kappa shape index (κ2) is 4.36. The summed E-state index contributed by atoms with van der Waals surface area (Å²) in [6, 6.07) is 3.96. The predicted molar refractivity (Wildman–Crippen MR) is 60.7 cm³/mol. The summed E-state index contributed by atoms with van der Waals surface area (Å²) in [7, 11) is 0. The van der Waals surface area contributed by atoms with Crippen LogP contribution in [0.4, 0.5) is 5.88 Å². The van der Waals surface area contributed by atoms with Crippen LogP contribution in [0.5, 0.6) is 0 Å². The standard InChI is InChI=1S/C10H15BrN2O/c1-8-6-12-4-5-13(7-8)10-3-2-9(11)14-10/h2-3,8,12H,4-7H2,1H3. The van der Waals surface area contributed by atoms with Gasteiger partial charge in [-0.3, -0.25) is 0 Å². The van der Waals surface area contributed by atoms with Gasteiger partial charge in [-0.05, 0) is 34.5 Å². The van der Waals surface area contributed by atoms with Gasteiger partial charge in [0.25, 0.3) is 0 Å². The van der Waals surface area contributed by atoms with E-state index in [1.165, 1.54) is 0 Å². The first-order chi connectivity index (χ1) is 6.75. The molecule has 0 spiro atoms. The fraction of sp³-hybridized carbons (Fsp3) is 0.600. The summed E-state index contributed by atoms with van der Waals surface area (Å²) in [5.74, 6) is 1.63. The number of anilines is 1. The van der Waals surface area contributed by atoms with Crippen LogP contribution in [0.1, 0.15) is 6.92 Å². The number of halogens is 1. The van der Waals surface area contributed by atoms with Gasteiger partial charge in [0.1, 0.15) is 0 Å². The lowest BCUT2D eigenvalue weighted by Gasteiger charge is -2.21. The lowest BCUT2D eigenvalue weighted by atomic mass is 10.2. The quantitative estimate of drug-likeness (QED) is 0.837. The molecule has 1 aromatic rings. The summed E-state index contributed by atoms with van der Waals surface area (Å²) in [6.45, 7) is 6.46. The van der Waals surface area contributed by atoms with Gasteiger partial charge in [-0.1, -0.05) is 6.92 Å². The fourth-order valence-corrected chi connectivity index (χ4v) is 2.07. The normalized spacial score (nSPS) is 23.6. The van der Waals surface area contributed by atoms with Crippen molar-refractivity contribution in [3.63, 3.8) is 0 Å². The van der Waals surface area contributed by atoms with Crippen LogP contribution in [0.15, 0.2) is 21.2 Å². The van der Waals surface area contributed by atoms with E-state index in [0.29, 0.717) is 5.92 Å². The van der Waals surface area contributed by atoms with Crippen molar-refractivity contribution < 1.29 is 4.42 Å². The molecule has 14 heavy (non-hydrogen) atoms. The van der Waals surface area contributed by atoms with Crippen molar-refractivity contribution >= 4 is 21.8 Å². The molecule has 3 nitrogen and oxygen atoms in total. The molecule has 0 amide bonds. The minimum atomic E-state index is 0.668. The maximum Gasteiger partial charge on any atom is 0.197 e. The highest BCUT2D eigenvalue weighted by Crippen LogP contribution is 2.23. The lowest BCUT2D eigenvalue weighted by molar-refractivity contribution is 0.506. The molecule has 1 unspecified atom stereocenters. The van der Waals surface area contributed by atoms with Crippen molar-refractivity contribution in [1.82, 2.24) is 5.32 Å². The van der Waals surface area contributed by atoms with Crippen molar-refractivity contribution in [3.8, 4) is 0 Å². The first-order valence-corrected chi connectivity index (χ1v) is 5.76. The van der Waals surface area contributed by atoms with E-state index in [2.05, 4.69) is 33.1 Å². The topological polar surface area (TPSA) is 28.4 Å². The number of hydrogen-bond acceptors (Lipinski definition) is 3. The molecule has 0 radical (unpaired) electrons. The molecule has 0 aromatic carbocycles. The van der Waals surface area contributed by atoms with Crippen LogP contribution < -0.4 is 10.2 Å². The average molecular weight is 259 g/mol. The van der Waals surface area contributed by atoms with E-state index < -0.39 is 0 Å². The molecule has 1 atom stereocenters. The Morgan fingerprint density at radius 2 is 2.43 bits per heavy atom. The molecule has 2 heterocycles. The SMILES string of the molecule is CC1CNCCN(c2ccc(Br)o2)C1. The smallest absolute Gasteiger partial charge is 0.197 e. The van der Waals surface area contributed by atoms with E-state index in [-0.39, 0.29) is 0 Å². The van der Waals surface area contributed by atoms with Gasteiger partial charge in [0.05, 0.1) is 0 Å². The molecule has 1 N–H and O–H groups in total. The monoisotopic (exact) mass is 258 g/mol. The van der Waals surface area contributed by atoms with E-state index in [1.807, 2.05) is 12.1 Å². The van der Waals surface area contributed by atoms with Gasteiger partial charge in [-0.15, -0.1) is 0 Å². The molecular formula is C10H15BrN2O. The highest BCUT2D eigenvalue weighted by atomic mass is 79.9. The largest absolute Gasteiger partial charge is 0.434 e. The Hall–Kier alpha value is -0.480. The third-order valence-corrected chi connectivity index (χ3v) is 2.88. The molecule has 4 heteroatoms. The van der Waals surface area contributed by atoms with E-state index >= 15 is 0 Å². The molecule has 1 aliphatic rings. The van der Waals surface area contributed by atoms with Gasteiger partial charge in [0.15, 0.2) is 10.6 Å². The van der Waals surface area contributed by atoms with Crippen molar-refractivity contribution in [2.75, 3.05) is 31.1 Å². The van der Waals surface area contributed by atoms with Crippen molar-refractivity contribution in [1.29, 1.82) is 0 Å². The van der Waals surface area contributed by atoms with Crippen molar-refractivity contribution in [2.45, 2.75) is 6.92 Å². The minimum absolute atomic E-state index is 0.668. The zero-order chi connectivity index (χ0) is 9.97. The van der Waals surface area contributed by atoms with Gasteiger partial charge < -0.3 is 14.6 Å². The van der Waals surface area contributed by atoms with E-state index in [0.717, 1.165) is 36.7 Å². The molecule has 0 saturated carbocycles. The summed E-state index contributed by atoms with van der Waals surface area (Å²) in [5, 5.41) is 3.41. The van der Waals surface area contributed by atoms with Gasteiger partial charge in [-0.25, -0.2) is 0 Å². The maximum atomic E-state index is 5.54. The zero-order valence-electron chi connectivity index (χ0n) is 8.29. The third kappa shape index (κ3) is 2.30. The van der Waals surface area contributed by atoms with Crippen LogP contribution in [0.3, 0.4) is 0 Å². The highest BCUT2D eigenvalue weighted by Gasteiger charge is 2.16. The molecule has 1 fully saturated rings. The number of furan rings is 1. The Morgan fingerprint density at radius 1 is 1.57 bits per heavy atom. The molecule has 0 aliphatic carbocycles. The van der Waals surface area contributed by atoms with Crippen LogP contribution in [0.25, 0.3) is 0 Å². The van der Waals surface area contributed by atoms with Gasteiger partial charge in [0, 0.05) is 25.7 Å². The second-order valence-corrected chi connectivity index (χ2v) is 4.61. The van der Waals surface area contributed by atoms with Crippen molar-refractivity contribution in [2.24, 2.45) is 5.92 Å². The van der Waals surface area contributed by atoms with E-state index in [4.69, 9.17) is 4.42 Å². The van der Waals surface area contributed by atoms with Crippen molar-refractivity contribution in [3.05, 3.63) is 16.8 Å². The zero-order valence-corrected chi connectivity index (χ0v) is 9.88.